The molecule has 2 N–H and O–H groups in total. The zero-order valence-electron chi connectivity index (χ0n) is 12.6. The van der Waals surface area contributed by atoms with Crippen molar-refractivity contribution >= 4 is 28.9 Å². The van der Waals surface area contributed by atoms with Crippen molar-refractivity contribution in [1.82, 2.24) is 10.8 Å². The molecule has 3 rings (SSSR count). The maximum absolute atomic E-state index is 10.9. The van der Waals surface area contributed by atoms with Gasteiger partial charge >= 0.3 is 0 Å². The number of carbonyl (C=O) groups is 1. The van der Waals surface area contributed by atoms with Crippen LogP contribution in [0.4, 0.5) is 0 Å². The van der Waals surface area contributed by atoms with Crippen LogP contribution in [0.15, 0.2) is 36.4 Å². The van der Waals surface area contributed by atoms with Crippen LogP contribution < -0.4 is 10.8 Å². The first-order valence-corrected chi connectivity index (χ1v) is 8.63. The molecule has 1 atom stereocenters. The number of hydrogen-bond donors (Lipinski definition) is 2. The third-order valence-electron chi connectivity index (χ3n) is 3.76. The summed E-state index contributed by atoms with van der Waals surface area (Å²) < 4.78 is 0. The van der Waals surface area contributed by atoms with Crippen LogP contribution in [0.25, 0.3) is 11.3 Å². The second-order valence-corrected chi connectivity index (χ2v) is 6.56. The third kappa shape index (κ3) is 3.72. The third-order valence-corrected chi connectivity index (χ3v) is 4.65. The summed E-state index contributed by atoms with van der Waals surface area (Å²) >= 11 is 1.98. The van der Waals surface area contributed by atoms with Crippen molar-refractivity contribution in [3.63, 3.8) is 0 Å². The van der Waals surface area contributed by atoms with Crippen LogP contribution in [0.2, 0.25) is 0 Å². The Morgan fingerprint density at radius 1 is 1.36 bits per heavy atom. The highest BCUT2D eigenvalue weighted by atomic mass is 32.2. The van der Waals surface area contributed by atoms with E-state index in [0.29, 0.717) is 6.54 Å². The van der Waals surface area contributed by atoms with Crippen LogP contribution in [0.5, 0.6) is 0 Å². The average Bonchev–Trinajstić information content (AvgIpc) is 3.03. The Balaban J connectivity index is 1.66. The standard InChI is InChI=1S/C17H20N2O2S/c1-12(20)18-11-16-10-17(19-21-16)15-4-2-13(3-5-15)14-6-8-22-9-7-14/h2-6,10,16,19H,7-9,11H2,1H3,(H,18,20). The predicted octanol–water partition coefficient (Wildman–Crippen LogP) is 2.59. The van der Waals surface area contributed by atoms with E-state index < -0.39 is 0 Å². The van der Waals surface area contributed by atoms with E-state index in [9.17, 15) is 4.79 Å². The Labute approximate surface area is 135 Å². The summed E-state index contributed by atoms with van der Waals surface area (Å²) in [6.07, 6.45) is 5.34. The lowest BCUT2D eigenvalue weighted by atomic mass is 10.0. The predicted molar refractivity (Wildman–Crippen MR) is 91.0 cm³/mol. The van der Waals surface area contributed by atoms with Gasteiger partial charge in [-0.1, -0.05) is 30.3 Å². The molecule has 22 heavy (non-hydrogen) atoms. The van der Waals surface area contributed by atoms with Gasteiger partial charge in [-0.25, -0.2) is 0 Å². The van der Waals surface area contributed by atoms with Crippen molar-refractivity contribution < 1.29 is 9.63 Å². The van der Waals surface area contributed by atoms with Gasteiger partial charge in [0.2, 0.25) is 5.91 Å². The minimum absolute atomic E-state index is 0.0475. The highest BCUT2D eigenvalue weighted by Crippen LogP contribution is 2.27. The van der Waals surface area contributed by atoms with Gasteiger partial charge in [-0.05, 0) is 34.9 Å². The van der Waals surface area contributed by atoms with Gasteiger partial charge in [0.1, 0.15) is 6.10 Å². The molecule has 5 heteroatoms. The molecular formula is C17H20N2O2S. The summed E-state index contributed by atoms with van der Waals surface area (Å²) in [4.78, 5) is 16.4. The lowest BCUT2D eigenvalue weighted by Gasteiger charge is -2.13. The number of allylic oxidation sites excluding steroid dienone is 1. The first kappa shape index (κ1) is 15.2. The zero-order valence-corrected chi connectivity index (χ0v) is 13.4. The summed E-state index contributed by atoms with van der Waals surface area (Å²) in [6.45, 7) is 1.98. The van der Waals surface area contributed by atoms with Crippen molar-refractivity contribution in [3.05, 3.63) is 47.5 Å². The first-order valence-electron chi connectivity index (χ1n) is 7.48. The molecule has 1 unspecified atom stereocenters. The van der Waals surface area contributed by atoms with E-state index in [1.165, 1.54) is 23.8 Å². The molecule has 0 saturated carbocycles. The molecule has 0 aromatic heterocycles. The molecule has 1 aromatic carbocycles. The van der Waals surface area contributed by atoms with E-state index >= 15 is 0 Å². The molecule has 0 bridgehead atoms. The van der Waals surface area contributed by atoms with Gasteiger partial charge in [0.05, 0.1) is 12.2 Å². The van der Waals surface area contributed by atoms with Gasteiger partial charge in [0.15, 0.2) is 0 Å². The molecule has 0 saturated heterocycles. The van der Waals surface area contributed by atoms with Crippen LogP contribution in [0.3, 0.4) is 0 Å². The smallest absolute Gasteiger partial charge is 0.216 e. The number of thioether (sulfide) groups is 1. The van der Waals surface area contributed by atoms with Crippen molar-refractivity contribution in [3.8, 4) is 0 Å². The minimum Gasteiger partial charge on any atom is -0.353 e. The van der Waals surface area contributed by atoms with Gasteiger partial charge in [-0.15, -0.1) is 0 Å². The maximum Gasteiger partial charge on any atom is 0.216 e. The summed E-state index contributed by atoms with van der Waals surface area (Å²) in [5.41, 5.74) is 7.74. The zero-order chi connectivity index (χ0) is 15.4. The molecular weight excluding hydrogens is 296 g/mol. The van der Waals surface area contributed by atoms with E-state index in [1.807, 2.05) is 17.8 Å². The monoisotopic (exact) mass is 316 g/mol. The SMILES string of the molecule is CC(=O)NCC1C=C(c2ccc(C3=CCSCC3)cc2)NO1. The number of amides is 1. The maximum atomic E-state index is 10.9. The van der Waals surface area contributed by atoms with Crippen molar-refractivity contribution in [1.29, 1.82) is 0 Å². The van der Waals surface area contributed by atoms with Crippen LogP contribution in [0, 0.1) is 0 Å². The Hall–Kier alpha value is -1.72. The summed E-state index contributed by atoms with van der Waals surface area (Å²) in [7, 11) is 0. The van der Waals surface area contributed by atoms with E-state index in [4.69, 9.17) is 4.84 Å². The van der Waals surface area contributed by atoms with Gasteiger partial charge in [-0.2, -0.15) is 11.8 Å². The molecule has 1 aromatic rings. The lowest BCUT2D eigenvalue weighted by Crippen LogP contribution is -2.30. The lowest BCUT2D eigenvalue weighted by molar-refractivity contribution is -0.119. The normalized spacial score (nSPS) is 20.9. The van der Waals surface area contributed by atoms with Gasteiger partial charge in [-0.3, -0.25) is 15.1 Å². The number of hydroxylamine groups is 1. The topological polar surface area (TPSA) is 50.4 Å². The Morgan fingerprint density at radius 2 is 2.14 bits per heavy atom. The van der Waals surface area contributed by atoms with Crippen molar-refractivity contribution in [2.75, 3.05) is 18.1 Å². The number of rotatable bonds is 4. The Bertz CT molecular complexity index is 608. The average molecular weight is 316 g/mol. The van der Waals surface area contributed by atoms with Crippen molar-refractivity contribution in [2.24, 2.45) is 0 Å². The second-order valence-electron chi connectivity index (χ2n) is 5.41. The Morgan fingerprint density at radius 3 is 2.82 bits per heavy atom. The molecule has 0 aliphatic carbocycles. The molecule has 2 heterocycles. The number of benzene rings is 1. The molecule has 2 aliphatic heterocycles. The molecule has 0 spiro atoms. The molecule has 116 valence electrons. The fourth-order valence-corrected chi connectivity index (χ4v) is 3.40. The van der Waals surface area contributed by atoms with E-state index in [-0.39, 0.29) is 12.0 Å². The number of hydrogen-bond acceptors (Lipinski definition) is 4. The molecule has 1 amide bonds. The molecule has 0 fully saturated rings. The van der Waals surface area contributed by atoms with Gasteiger partial charge in [0, 0.05) is 12.7 Å². The first-order chi connectivity index (χ1) is 10.7. The number of carbonyl (C=O) groups excluding carboxylic acids is 1. The number of nitrogens with one attached hydrogen (secondary N) is 2. The quantitative estimate of drug-likeness (QED) is 0.896. The minimum atomic E-state index is -0.128. The van der Waals surface area contributed by atoms with E-state index in [0.717, 1.165) is 23.4 Å². The van der Waals surface area contributed by atoms with E-state index in [2.05, 4.69) is 41.1 Å². The van der Waals surface area contributed by atoms with Crippen molar-refractivity contribution in [2.45, 2.75) is 19.4 Å². The second kappa shape index (κ2) is 7.03. The summed E-state index contributed by atoms with van der Waals surface area (Å²) in [5, 5.41) is 2.75. The summed E-state index contributed by atoms with van der Waals surface area (Å²) in [6, 6.07) is 8.56. The van der Waals surface area contributed by atoms with Gasteiger partial charge in [0.25, 0.3) is 0 Å². The fraction of sp³-hybridized carbons (Fsp3) is 0.353. The van der Waals surface area contributed by atoms with Crippen LogP contribution >= 0.6 is 11.8 Å². The highest BCUT2D eigenvalue weighted by Gasteiger charge is 2.17. The van der Waals surface area contributed by atoms with E-state index in [1.54, 1.807) is 0 Å². The summed E-state index contributed by atoms with van der Waals surface area (Å²) in [5.74, 6) is 2.27. The van der Waals surface area contributed by atoms with Gasteiger partial charge < -0.3 is 5.32 Å². The molecule has 0 radical (unpaired) electrons. The van der Waals surface area contributed by atoms with Crippen LogP contribution in [-0.2, 0) is 9.63 Å². The largest absolute Gasteiger partial charge is 0.353 e. The molecule has 4 nitrogen and oxygen atoms in total. The molecule has 2 aliphatic rings. The van der Waals surface area contributed by atoms with Crippen LogP contribution in [-0.4, -0.2) is 30.1 Å². The fourth-order valence-electron chi connectivity index (χ4n) is 2.55. The highest BCUT2D eigenvalue weighted by molar-refractivity contribution is 7.99. The van der Waals surface area contributed by atoms with Crippen LogP contribution in [0.1, 0.15) is 24.5 Å². The Kier molecular flexibility index (Phi) is 4.85.